The van der Waals surface area contributed by atoms with Crippen LogP contribution in [0.4, 0.5) is 0 Å². The summed E-state index contributed by atoms with van der Waals surface area (Å²) >= 11 is 0. The number of aryl methyl sites for hydroxylation is 1. The smallest absolute Gasteiger partial charge is 0.281 e. The predicted octanol–water partition coefficient (Wildman–Crippen LogP) is 3.14. The summed E-state index contributed by atoms with van der Waals surface area (Å²) in [7, 11) is 0. The molecule has 8 nitrogen and oxygen atoms in total. The van der Waals surface area contributed by atoms with Crippen LogP contribution in [-0.2, 0) is 19.6 Å². The fourth-order valence-electron chi connectivity index (χ4n) is 3.80. The lowest BCUT2D eigenvalue weighted by atomic mass is 10.2. The van der Waals surface area contributed by atoms with E-state index >= 15 is 0 Å². The molecule has 0 aliphatic rings. The van der Waals surface area contributed by atoms with Gasteiger partial charge in [-0.05, 0) is 29.8 Å². The van der Waals surface area contributed by atoms with E-state index in [4.69, 9.17) is 0 Å². The maximum absolute atomic E-state index is 13.5. The number of nitrogens with zero attached hydrogens (tertiary/aromatic N) is 7. The second-order valence-corrected chi connectivity index (χ2v) is 7.48. The van der Waals surface area contributed by atoms with Crippen LogP contribution in [0.2, 0.25) is 0 Å². The van der Waals surface area contributed by atoms with Crippen LogP contribution < -0.4 is 10.7 Å². The van der Waals surface area contributed by atoms with Crippen LogP contribution in [0.1, 0.15) is 18.3 Å². The second kappa shape index (κ2) is 8.50. The molecule has 0 saturated carbocycles. The molecule has 5 rings (SSSR count). The first kappa shape index (κ1) is 19.7. The molecule has 3 aromatic carbocycles. The largest absolute Gasteiger partial charge is 0.369 e. The van der Waals surface area contributed by atoms with E-state index in [-0.39, 0.29) is 5.69 Å². The Kier molecular flexibility index (Phi) is 5.25. The standard InChI is InChI=1S/C24H23N7O/c1-2-23-26-30(20-13-7-4-8-14-20)24(32)31(23)28(17-19-11-5-3-6-12-19)18-29-22-16-10-9-15-21(22)25-27-29/h3-16H,2,17-18H2,1H3. The highest BCUT2D eigenvalue weighted by Crippen LogP contribution is 2.13. The third kappa shape index (κ3) is 3.66. The summed E-state index contributed by atoms with van der Waals surface area (Å²) in [6.07, 6.45) is 0.610. The van der Waals surface area contributed by atoms with Gasteiger partial charge in [-0.15, -0.1) is 10.2 Å². The quantitative estimate of drug-likeness (QED) is 0.401. The first-order valence-electron chi connectivity index (χ1n) is 10.6. The van der Waals surface area contributed by atoms with Crippen molar-refractivity contribution in [2.24, 2.45) is 0 Å². The lowest BCUT2D eigenvalue weighted by Gasteiger charge is -2.25. The van der Waals surface area contributed by atoms with Gasteiger partial charge in [-0.25, -0.2) is 9.48 Å². The molecule has 0 aliphatic heterocycles. The first-order valence-corrected chi connectivity index (χ1v) is 10.6. The molecule has 5 aromatic rings. The van der Waals surface area contributed by atoms with E-state index in [2.05, 4.69) is 15.4 Å². The monoisotopic (exact) mass is 425 g/mol. The summed E-state index contributed by atoms with van der Waals surface area (Å²) in [5.74, 6) is 0.680. The molecular weight excluding hydrogens is 402 g/mol. The van der Waals surface area contributed by atoms with E-state index in [1.54, 1.807) is 4.68 Å². The van der Waals surface area contributed by atoms with Gasteiger partial charge >= 0.3 is 5.69 Å². The van der Waals surface area contributed by atoms with E-state index < -0.39 is 0 Å². The van der Waals surface area contributed by atoms with Crippen LogP contribution >= 0.6 is 0 Å². The number of hydrogen-bond donors (Lipinski definition) is 0. The minimum atomic E-state index is -0.214. The molecule has 0 aliphatic carbocycles. The molecule has 0 unspecified atom stereocenters. The highest BCUT2D eigenvalue weighted by Gasteiger charge is 2.20. The lowest BCUT2D eigenvalue weighted by Crippen LogP contribution is -2.44. The average Bonchev–Trinajstić information content (AvgIpc) is 3.40. The van der Waals surface area contributed by atoms with Gasteiger partial charge in [0, 0.05) is 6.42 Å². The van der Waals surface area contributed by atoms with Gasteiger partial charge in [-0.2, -0.15) is 9.36 Å². The van der Waals surface area contributed by atoms with Crippen LogP contribution in [-0.4, -0.2) is 29.5 Å². The Morgan fingerprint density at radius 1 is 0.875 bits per heavy atom. The van der Waals surface area contributed by atoms with E-state index in [1.807, 2.05) is 102 Å². The molecule has 0 radical (unpaired) electrons. The molecule has 0 saturated heterocycles. The summed E-state index contributed by atoms with van der Waals surface area (Å²) in [6, 6.07) is 27.3. The van der Waals surface area contributed by atoms with Crippen LogP contribution in [0.15, 0.2) is 89.7 Å². The van der Waals surface area contributed by atoms with Crippen LogP contribution in [0.25, 0.3) is 16.7 Å². The Bertz CT molecular complexity index is 1390. The third-order valence-corrected chi connectivity index (χ3v) is 5.35. The number of fused-ring (bicyclic) bond motifs is 1. The van der Waals surface area contributed by atoms with E-state index in [1.165, 1.54) is 4.68 Å². The Morgan fingerprint density at radius 2 is 1.56 bits per heavy atom. The Morgan fingerprint density at radius 3 is 2.31 bits per heavy atom. The third-order valence-electron chi connectivity index (χ3n) is 5.35. The molecule has 0 bridgehead atoms. The van der Waals surface area contributed by atoms with Crippen LogP contribution in [0, 0.1) is 0 Å². The van der Waals surface area contributed by atoms with Crippen molar-refractivity contribution >= 4 is 11.0 Å². The Balaban J connectivity index is 1.62. The number of rotatable bonds is 7. The normalized spacial score (nSPS) is 11.2. The highest BCUT2D eigenvalue weighted by molar-refractivity contribution is 5.73. The van der Waals surface area contributed by atoms with Gasteiger partial charge in [0.1, 0.15) is 12.2 Å². The Labute approximate surface area is 184 Å². The number of hydrogen-bond acceptors (Lipinski definition) is 5. The minimum Gasteiger partial charge on any atom is -0.281 e. The summed E-state index contributed by atoms with van der Waals surface area (Å²) in [5.41, 5.74) is 3.32. The van der Waals surface area contributed by atoms with Crippen molar-refractivity contribution in [3.63, 3.8) is 0 Å². The van der Waals surface area contributed by atoms with Crippen LogP contribution in [0.3, 0.4) is 0 Å². The molecule has 0 N–H and O–H groups in total. The van der Waals surface area contributed by atoms with Gasteiger partial charge in [0.25, 0.3) is 0 Å². The van der Waals surface area contributed by atoms with Crippen molar-refractivity contribution in [2.75, 3.05) is 5.01 Å². The number of para-hydroxylation sites is 2. The molecule has 2 aromatic heterocycles. The Hall–Kier alpha value is -4.20. The highest BCUT2D eigenvalue weighted by atomic mass is 16.2. The van der Waals surface area contributed by atoms with Crippen molar-refractivity contribution in [2.45, 2.75) is 26.6 Å². The predicted molar refractivity (Wildman–Crippen MR) is 123 cm³/mol. The minimum absolute atomic E-state index is 0.214. The molecule has 8 heteroatoms. The molecule has 32 heavy (non-hydrogen) atoms. The van der Waals surface area contributed by atoms with Gasteiger partial charge in [0.2, 0.25) is 0 Å². The van der Waals surface area contributed by atoms with Crippen LogP contribution in [0.5, 0.6) is 0 Å². The zero-order valence-corrected chi connectivity index (χ0v) is 17.7. The van der Waals surface area contributed by atoms with Crippen molar-refractivity contribution in [3.05, 3.63) is 107 Å². The zero-order chi connectivity index (χ0) is 21.9. The van der Waals surface area contributed by atoms with Crippen molar-refractivity contribution in [3.8, 4) is 5.69 Å². The van der Waals surface area contributed by atoms with E-state index in [0.29, 0.717) is 25.5 Å². The molecule has 0 fully saturated rings. The molecule has 2 heterocycles. The topological polar surface area (TPSA) is 73.8 Å². The lowest BCUT2D eigenvalue weighted by molar-refractivity contribution is 0.448. The van der Waals surface area contributed by atoms with E-state index in [0.717, 1.165) is 22.3 Å². The second-order valence-electron chi connectivity index (χ2n) is 7.48. The van der Waals surface area contributed by atoms with Gasteiger partial charge in [0.15, 0.2) is 5.82 Å². The van der Waals surface area contributed by atoms with Crippen molar-refractivity contribution in [1.82, 2.24) is 29.5 Å². The SMILES string of the molecule is CCc1nn(-c2ccccc2)c(=O)n1N(Cc1ccccc1)Cn1nnc2ccccc21. The molecule has 0 spiro atoms. The fraction of sp³-hybridized carbons (Fsp3) is 0.167. The molecule has 160 valence electrons. The summed E-state index contributed by atoms with van der Waals surface area (Å²) in [5, 5.41) is 15.2. The maximum Gasteiger partial charge on any atom is 0.369 e. The molecular formula is C24H23N7O. The van der Waals surface area contributed by atoms with Gasteiger partial charge < -0.3 is 0 Å². The van der Waals surface area contributed by atoms with Gasteiger partial charge in [0.05, 0.1) is 17.7 Å². The number of aromatic nitrogens is 6. The van der Waals surface area contributed by atoms with Gasteiger partial charge in [-0.1, -0.05) is 72.8 Å². The molecule has 0 amide bonds. The average molecular weight is 425 g/mol. The molecule has 0 atom stereocenters. The van der Waals surface area contributed by atoms with E-state index in [9.17, 15) is 4.79 Å². The summed E-state index contributed by atoms with van der Waals surface area (Å²) in [6.45, 7) is 2.87. The van der Waals surface area contributed by atoms with Crippen molar-refractivity contribution in [1.29, 1.82) is 0 Å². The number of benzene rings is 3. The summed E-state index contributed by atoms with van der Waals surface area (Å²) < 4.78 is 4.93. The first-order chi connectivity index (χ1) is 15.7. The maximum atomic E-state index is 13.5. The van der Waals surface area contributed by atoms with Crippen molar-refractivity contribution < 1.29 is 0 Å². The summed E-state index contributed by atoms with van der Waals surface area (Å²) in [4.78, 5) is 13.5. The zero-order valence-electron chi connectivity index (χ0n) is 17.7. The van der Waals surface area contributed by atoms with Gasteiger partial charge in [-0.3, -0.25) is 5.01 Å². The fourth-order valence-corrected chi connectivity index (χ4v) is 3.80.